The molecule has 0 saturated heterocycles. The van der Waals surface area contributed by atoms with Gasteiger partial charge in [-0.1, -0.05) is 23.2 Å². The van der Waals surface area contributed by atoms with Crippen molar-refractivity contribution >= 4 is 23.2 Å². The Kier molecular flexibility index (Phi) is 4.36. The van der Waals surface area contributed by atoms with Crippen molar-refractivity contribution in [3.05, 3.63) is 46.3 Å². The van der Waals surface area contributed by atoms with Crippen LogP contribution in [0.15, 0.2) is 30.6 Å². The quantitative estimate of drug-likeness (QED) is 0.935. The Balaban J connectivity index is 2.17. The fourth-order valence-electron chi connectivity index (χ4n) is 1.36. The minimum atomic E-state index is 0.418. The van der Waals surface area contributed by atoms with Crippen LogP contribution in [0.3, 0.4) is 0 Å². The molecule has 0 fully saturated rings. The molecular formula is C12H11Cl2N3O. The molecule has 0 aliphatic rings. The van der Waals surface area contributed by atoms with Crippen LogP contribution in [-0.4, -0.2) is 17.0 Å². The van der Waals surface area contributed by atoms with Gasteiger partial charge in [0.05, 0.1) is 21.9 Å². The molecule has 94 valence electrons. The fourth-order valence-corrected chi connectivity index (χ4v) is 1.65. The molecule has 0 atom stereocenters. The topological polar surface area (TPSA) is 47.0 Å². The molecule has 2 rings (SSSR count). The van der Waals surface area contributed by atoms with Crippen LogP contribution in [0.4, 0.5) is 0 Å². The van der Waals surface area contributed by atoms with Gasteiger partial charge in [0.25, 0.3) is 0 Å². The van der Waals surface area contributed by atoms with E-state index in [4.69, 9.17) is 27.9 Å². The number of hydrogen-bond donors (Lipinski definition) is 1. The SMILES string of the molecule is CNCc1cncc(Oc2ccc(Cl)c(Cl)c2)n1. The van der Waals surface area contributed by atoms with E-state index in [0.29, 0.717) is 28.2 Å². The molecule has 1 N–H and O–H groups in total. The monoisotopic (exact) mass is 283 g/mol. The first kappa shape index (κ1) is 13.1. The van der Waals surface area contributed by atoms with Gasteiger partial charge in [-0.05, 0) is 19.2 Å². The third kappa shape index (κ3) is 3.32. The van der Waals surface area contributed by atoms with Gasteiger partial charge in [0, 0.05) is 18.8 Å². The predicted octanol–water partition coefficient (Wildman–Crippen LogP) is 3.30. The van der Waals surface area contributed by atoms with Gasteiger partial charge in [0.2, 0.25) is 5.88 Å². The van der Waals surface area contributed by atoms with Crippen LogP contribution in [0.5, 0.6) is 11.6 Å². The number of benzene rings is 1. The molecular weight excluding hydrogens is 273 g/mol. The van der Waals surface area contributed by atoms with E-state index in [1.165, 1.54) is 0 Å². The third-order valence-corrected chi connectivity index (χ3v) is 2.87. The maximum atomic E-state index is 5.90. The second-order valence-corrected chi connectivity index (χ2v) is 4.37. The summed E-state index contributed by atoms with van der Waals surface area (Å²) in [5, 5.41) is 3.92. The van der Waals surface area contributed by atoms with Crippen LogP contribution in [0.1, 0.15) is 5.69 Å². The third-order valence-electron chi connectivity index (χ3n) is 2.13. The zero-order valence-corrected chi connectivity index (χ0v) is 11.2. The van der Waals surface area contributed by atoms with E-state index in [2.05, 4.69) is 15.3 Å². The highest BCUT2D eigenvalue weighted by Gasteiger charge is 2.04. The number of halogens is 2. The summed E-state index contributed by atoms with van der Waals surface area (Å²) in [5.74, 6) is 0.987. The number of rotatable bonds is 4. The Labute approximate surface area is 115 Å². The highest BCUT2D eigenvalue weighted by Crippen LogP contribution is 2.28. The Bertz CT molecular complexity index is 549. The number of aromatic nitrogens is 2. The van der Waals surface area contributed by atoms with Crippen molar-refractivity contribution in [2.75, 3.05) is 7.05 Å². The summed E-state index contributed by atoms with van der Waals surface area (Å²) >= 11 is 11.7. The summed E-state index contributed by atoms with van der Waals surface area (Å²) in [7, 11) is 1.84. The summed E-state index contributed by atoms with van der Waals surface area (Å²) in [6.07, 6.45) is 3.22. The molecule has 0 radical (unpaired) electrons. The van der Waals surface area contributed by atoms with Gasteiger partial charge in [0.1, 0.15) is 5.75 Å². The lowest BCUT2D eigenvalue weighted by atomic mass is 10.3. The molecule has 0 spiro atoms. The maximum Gasteiger partial charge on any atom is 0.238 e. The van der Waals surface area contributed by atoms with Crippen LogP contribution >= 0.6 is 23.2 Å². The molecule has 0 bridgehead atoms. The molecule has 0 amide bonds. The number of ether oxygens (including phenoxy) is 1. The smallest absolute Gasteiger partial charge is 0.238 e. The lowest BCUT2D eigenvalue weighted by Gasteiger charge is -2.06. The maximum absolute atomic E-state index is 5.90. The molecule has 4 nitrogen and oxygen atoms in total. The van der Waals surface area contributed by atoms with E-state index in [-0.39, 0.29) is 0 Å². The van der Waals surface area contributed by atoms with Crippen molar-refractivity contribution in [3.63, 3.8) is 0 Å². The second-order valence-electron chi connectivity index (χ2n) is 3.56. The lowest BCUT2D eigenvalue weighted by Crippen LogP contribution is -2.07. The summed E-state index contributed by atoms with van der Waals surface area (Å²) < 4.78 is 5.56. The zero-order valence-electron chi connectivity index (χ0n) is 9.65. The molecule has 0 aliphatic carbocycles. The lowest BCUT2D eigenvalue weighted by molar-refractivity contribution is 0.457. The van der Waals surface area contributed by atoms with Crippen molar-refractivity contribution in [1.29, 1.82) is 0 Å². The summed E-state index contributed by atoms with van der Waals surface area (Å²) in [4.78, 5) is 8.34. The van der Waals surface area contributed by atoms with Gasteiger partial charge in [-0.3, -0.25) is 4.98 Å². The van der Waals surface area contributed by atoms with Gasteiger partial charge in [-0.2, -0.15) is 0 Å². The van der Waals surface area contributed by atoms with Crippen molar-refractivity contribution in [1.82, 2.24) is 15.3 Å². The van der Waals surface area contributed by atoms with Crippen LogP contribution < -0.4 is 10.1 Å². The first-order valence-electron chi connectivity index (χ1n) is 5.27. The zero-order chi connectivity index (χ0) is 13.0. The van der Waals surface area contributed by atoms with Gasteiger partial charge < -0.3 is 10.1 Å². The standard InChI is InChI=1S/C12H11Cl2N3O/c1-15-5-8-6-16-7-12(17-8)18-9-2-3-10(13)11(14)4-9/h2-4,6-7,15H,5H2,1H3. The number of hydrogen-bond acceptors (Lipinski definition) is 4. The van der Waals surface area contributed by atoms with Crippen molar-refractivity contribution in [3.8, 4) is 11.6 Å². The molecule has 1 aromatic carbocycles. The van der Waals surface area contributed by atoms with Crippen molar-refractivity contribution in [2.45, 2.75) is 6.54 Å². The summed E-state index contributed by atoms with van der Waals surface area (Å²) in [6, 6.07) is 5.03. The van der Waals surface area contributed by atoms with Crippen LogP contribution in [0, 0.1) is 0 Å². The Morgan fingerprint density at radius 3 is 2.78 bits per heavy atom. The molecule has 0 unspecified atom stereocenters. The molecule has 0 aliphatic heterocycles. The molecule has 1 heterocycles. The van der Waals surface area contributed by atoms with Crippen LogP contribution in [0.25, 0.3) is 0 Å². The van der Waals surface area contributed by atoms with Gasteiger partial charge in [-0.25, -0.2) is 4.98 Å². The van der Waals surface area contributed by atoms with E-state index >= 15 is 0 Å². The Morgan fingerprint density at radius 1 is 1.22 bits per heavy atom. The highest BCUT2D eigenvalue weighted by molar-refractivity contribution is 6.42. The van der Waals surface area contributed by atoms with Gasteiger partial charge in [0.15, 0.2) is 0 Å². The Hall–Kier alpha value is -1.36. The predicted molar refractivity (Wildman–Crippen MR) is 71.3 cm³/mol. The number of nitrogens with one attached hydrogen (secondary N) is 1. The molecule has 18 heavy (non-hydrogen) atoms. The summed E-state index contributed by atoms with van der Waals surface area (Å²) in [5.41, 5.74) is 0.801. The molecule has 6 heteroatoms. The number of nitrogens with zero attached hydrogens (tertiary/aromatic N) is 2. The first-order chi connectivity index (χ1) is 8.69. The van der Waals surface area contributed by atoms with Gasteiger partial charge >= 0.3 is 0 Å². The second kappa shape index (κ2) is 6.00. The Morgan fingerprint density at radius 2 is 2.06 bits per heavy atom. The first-order valence-corrected chi connectivity index (χ1v) is 6.03. The fraction of sp³-hybridized carbons (Fsp3) is 0.167. The molecule has 1 aromatic heterocycles. The highest BCUT2D eigenvalue weighted by atomic mass is 35.5. The van der Waals surface area contributed by atoms with Crippen LogP contribution in [0.2, 0.25) is 10.0 Å². The van der Waals surface area contributed by atoms with E-state index in [9.17, 15) is 0 Å². The normalized spacial score (nSPS) is 10.4. The molecule has 0 saturated carbocycles. The average Bonchev–Trinajstić information content (AvgIpc) is 2.35. The van der Waals surface area contributed by atoms with Crippen molar-refractivity contribution in [2.24, 2.45) is 0 Å². The van der Waals surface area contributed by atoms with Crippen LogP contribution in [-0.2, 0) is 6.54 Å². The minimum Gasteiger partial charge on any atom is -0.437 e. The average molecular weight is 284 g/mol. The van der Waals surface area contributed by atoms with E-state index in [1.54, 1.807) is 30.6 Å². The molecule has 2 aromatic rings. The van der Waals surface area contributed by atoms with E-state index < -0.39 is 0 Å². The summed E-state index contributed by atoms with van der Waals surface area (Å²) in [6.45, 7) is 0.631. The minimum absolute atomic E-state index is 0.418. The largest absolute Gasteiger partial charge is 0.437 e. The van der Waals surface area contributed by atoms with Crippen molar-refractivity contribution < 1.29 is 4.74 Å². The van der Waals surface area contributed by atoms with E-state index in [1.807, 2.05) is 7.05 Å². The van der Waals surface area contributed by atoms with Gasteiger partial charge in [-0.15, -0.1) is 0 Å². The van der Waals surface area contributed by atoms with E-state index in [0.717, 1.165) is 5.69 Å².